The maximum Gasteiger partial charge on any atom is 0.212 e. The molecule has 2 rings (SSSR count). The Labute approximate surface area is 128 Å². The minimum Gasteiger partial charge on any atom is -0.481 e. The van der Waals surface area contributed by atoms with Crippen molar-refractivity contribution >= 4 is 11.6 Å². The van der Waals surface area contributed by atoms with E-state index in [2.05, 4.69) is 10.4 Å². The lowest BCUT2D eigenvalue weighted by Crippen LogP contribution is -2.38. The van der Waals surface area contributed by atoms with Gasteiger partial charge in [-0.2, -0.15) is 0 Å². The summed E-state index contributed by atoms with van der Waals surface area (Å²) >= 11 is 6.04. The molecule has 1 aromatic carbocycles. The van der Waals surface area contributed by atoms with Crippen LogP contribution in [0.2, 0.25) is 5.02 Å². The van der Waals surface area contributed by atoms with Crippen LogP contribution in [0.15, 0.2) is 36.5 Å². The van der Waals surface area contributed by atoms with Crippen molar-refractivity contribution in [3.63, 3.8) is 0 Å². The molecule has 0 radical (unpaired) electrons. The van der Waals surface area contributed by atoms with E-state index < -0.39 is 0 Å². The second-order valence-electron chi connectivity index (χ2n) is 4.68. The van der Waals surface area contributed by atoms with Crippen LogP contribution in [-0.4, -0.2) is 18.1 Å². The largest absolute Gasteiger partial charge is 0.481 e. The third-order valence-electron chi connectivity index (χ3n) is 3.24. The van der Waals surface area contributed by atoms with E-state index in [9.17, 15) is 4.39 Å². The zero-order valence-corrected chi connectivity index (χ0v) is 12.4. The zero-order valence-electron chi connectivity index (χ0n) is 11.6. The van der Waals surface area contributed by atoms with Gasteiger partial charge in [-0.1, -0.05) is 23.7 Å². The Balaban J connectivity index is 2.09. The van der Waals surface area contributed by atoms with E-state index in [0.29, 0.717) is 29.3 Å². The molecule has 0 saturated carbocycles. The van der Waals surface area contributed by atoms with Gasteiger partial charge in [0.05, 0.1) is 7.11 Å². The average molecular weight is 310 g/mol. The summed E-state index contributed by atoms with van der Waals surface area (Å²) in [5.74, 6) is 5.79. The van der Waals surface area contributed by atoms with E-state index >= 15 is 0 Å². The van der Waals surface area contributed by atoms with Crippen molar-refractivity contribution in [3.8, 4) is 5.88 Å². The minimum atomic E-state index is -0.324. The fourth-order valence-electron chi connectivity index (χ4n) is 2.10. The van der Waals surface area contributed by atoms with Crippen molar-refractivity contribution in [1.82, 2.24) is 10.4 Å². The highest BCUT2D eigenvalue weighted by Gasteiger charge is 2.14. The van der Waals surface area contributed by atoms with Crippen molar-refractivity contribution in [3.05, 3.63) is 58.5 Å². The highest BCUT2D eigenvalue weighted by molar-refractivity contribution is 6.31. The summed E-state index contributed by atoms with van der Waals surface area (Å²) < 4.78 is 18.8. The summed E-state index contributed by atoms with van der Waals surface area (Å²) in [5.41, 5.74) is 4.14. The van der Waals surface area contributed by atoms with Crippen LogP contribution >= 0.6 is 11.6 Å². The molecule has 1 atom stereocenters. The number of rotatable bonds is 6. The van der Waals surface area contributed by atoms with E-state index in [1.165, 1.54) is 6.07 Å². The van der Waals surface area contributed by atoms with E-state index in [4.69, 9.17) is 22.2 Å². The highest BCUT2D eigenvalue weighted by atomic mass is 35.5. The van der Waals surface area contributed by atoms with Gasteiger partial charge in [0.1, 0.15) is 5.82 Å². The van der Waals surface area contributed by atoms with Crippen LogP contribution in [0.1, 0.15) is 11.1 Å². The van der Waals surface area contributed by atoms with Crippen molar-refractivity contribution in [1.29, 1.82) is 0 Å². The fraction of sp³-hybridized carbons (Fsp3) is 0.267. The smallest absolute Gasteiger partial charge is 0.212 e. The standard InChI is InChI=1S/C15H17ClFN3O/c1-21-15-6-5-10(9-19-15)7-11(20-18)8-12-13(16)3-2-4-14(12)17/h2-6,9,11,20H,7-8,18H2,1H3. The first-order chi connectivity index (χ1) is 10.1. The molecule has 0 aliphatic carbocycles. The maximum atomic E-state index is 13.8. The lowest BCUT2D eigenvalue weighted by molar-refractivity contribution is 0.397. The van der Waals surface area contributed by atoms with Gasteiger partial charge in [-0.15, -0.1) is 0 Å². The molecule has 0 aliphatic heterocycles. The van der Waals surface area contributed by atoms with Gasteiger partial charge in [0.2, 0.25) is 5.88 Å². The number of nitrogens with zero attached hydrogens (tertiary/aromatic N) is 1. The lowest BCUT2D eigenvalue weighted by Gasteiger charge is -2.17. The summed E-state index contributed by atoms with van der Waals surface area (Å²) in [6.45, 7) is 0. The van der Waals surface area contributed by atoms with Gasteiger partial charge in [0.15, 0.2) is 0 Å². The van der Waals surface area contributed by atoms with Crippen LogP contribution < -0.4 is 16.0 Å². The minimum absolute atomic E-state index is 0.144. The third kappa shape index (κ3) is 4.14. The molecular weight excluding hydrogens is 293 g/mol. The van der Waals surface area contributed by atoms with Gasteiger partial charge in [-0.3, -0.25) is 11.3 Å². The van der Waals surface area contributed by atoms with Gasteiger partial charge < -0.3 is 4.74 Å². The molecule has 0 aliphatic rings. The number of hydrogen-bond acceptors (Lipinski definition) is 4. The summed E-state index contributed by atoms with van der Waals surface area (Å²) in [5, 5.41) is 0.406. The SMILES string of the molecule is COc1ccc(CC(Cc2c(F)cccc2Cl)NN)cn1. The Morgan fingerprint density at radius 1 is 1.33 bits per heavy atom. The second kappa shape index (κ2) is 7.36. The number of ether oxygens (including phenoxy) is 1. The first kappa shape index (κ1) is 15.7. The molecule has 3 N–H and O–H groups in total. The normalized spacial score (nSPS) is 12.2. The van der Waals surface area contributed by atoms with Gasteiger partial charge in [-0.05, 0) is 30.5 Å². The van der Waals surface area contributed by atoms with Gasteiger partial charge in [-0.25, -0.2) is 9.37 Å². The van der Waals surface area contributed by atoms with Crippen molar-refractivity contribution in [2.75, 3.05) is 7.11 Å². The first-order valence-electron chi connectivity index (χ1n) is 6.52. The van der Waals surface area contributed by atoms with E-state index in [1.54, 1.807) is 31.5 Å². The van der Waals surface area contributed by atoms with Gasteiger partial charge in [0, 0.05) is 28.9 Å². The van der Waals surface area contributed by atoms with Crippen LogP contribution in [0.25, 0.3) is 0 Å². The summed E-state index contributed by atoms with van der Waals surface area (Å²) in [6.07, 6.45) is 2.72. The van der Waals surface area contributed by atoms with E-state index in [1.807, 2.05) is 6.07 Å². The van der Waals surface area contributed by atoms with Crippen LogP contribution in [0, 0.1) is 5.82 Å². The number of nitrogens with two attached hydrogens (primary N) is 1. The molecule has 1 aromatic heterocycles. The number of pyridine rings is 1. The van der Waals surface area contributed by atoms with Crippen LogP contribution in [0.5, 0.6) is 5.88 Å². The Bertz CT molecular complexity index is 572. The molecule has 21 heavy (non-hydrogen) atoms. The van der Waals surface area contributed by atoms with E-state index in [0.717, 1.165) is 5.56 Å². The molecule has 1 heterocycles. The molecule has 112 valence electrons. The van der Waals surface area contributed by atoms with E-state index in [-0.39, 0.29) is 11.9 Å². The predicted octanol–water partition coefficient (Wildman–Crippen LogP) is 2.50. The predicted molar refractivity (Wildman–Crippen MR) is 80.7 cm³/mol. The fourth-order valence-corrected chi connectivity index (χ4v) is 2.34. The molecule has 0 saturated heterocycles. The summed E-state index contributed by atoms with van der Waals surface area (Å²) in [4.78, 5) is 4.14. The number of hydrogen-bond donors (Lipinski definition) is 2. The highest BCUT2D eigenvalue weighted by Crippen LogP contribution is 2.21. The second-order valence-corrected chi connectivity index (χ2v) is 5.09. The molecule has 6 heteroatoms. The number of hydrazine groups is 1. The van der Waals surface area contributed by atoms with Gasteiger partial charge >= 0.3 is 0 Å². The molecule has 2 aromatic rings. The number of halogens is 2. The molecule has 0 bridgehead atoms. The van der Waals surface area contributed by atoms with Crippen molar-refractivity contribution in [2.45, 2.75) is 18.9 Å². The Morgan fingerprint density at radius 2 is 2.14 bits per heavy atom. The summed E-state index contributed by atoms with van der Waals surface area (Å²) in [6, 6.07) is 8.18. The number of methoxy groups -OCH3 is 1. The number of benzene rings is 1. The molecule has 0 fully saturated rings. The van der Waals surface area contributed by atoms with Crippen LogP contribution in [-0.2, 0) is 12.8 Å². The summed E-state index contributed by atoms with van der Waals surface area (Å²) in [7, 11) is 1.56. The Morgan fingerprint density at radius 3 is 2.71 bits per heavy atom. The van der Waals surface area contributed by atoms with Gasteiger partial charge in [0.25, 0.3) is 0 Å². The topological polar surface area (TPSA) is 60.2 Å². The average Bonchev–Trinajstić information content (AvgIpc) is 2.50. The molecular formula is C15H17ClFN3O. The first-order valence-corrected chi connectivity index (χ1v) is 6.89. The molecule has 0 amide bonds. The van der Waals surface area contributed by atoms with Crippen molar-refractivity contribution in [2.24, 2.45) is 5.84 Å². The number of nitrogens with one attached hydrogen (secondary N) is 1. The molecule has 0 spiro atoms. The Kier molecular flexibility index (Phi) is 5.50. The van der Waals surface area contributed by atoms with Crippen LogP contribution in [0.3, 0.4) is 0 Å². The monoisotopic (exact) mass is 309 g/mol. The molecule has 1 unspecified atom stereocenters. The molecule has 4 nitrogen and oxygen atoms in total. The maximum absolute atomic E-state index is 13.8. The zero-order chi connectivity index (χ0) is 15.2. The lowest BCUT2D eigenvalue weighted by atomic mass is 10.00. The Hall–Kier alpha value is -1.69. The van der Waals surface area contributed by atoms with Crippen LogP contribution in [0.4, 0.5) is 4.39 Å². The quantitative estimate of drug-likeness (QED) is 0.636. The number of aromatic nitrogens is 1. The third-order valence-corrected chi connectivity index (χ3v) is 3.59. The van der Waals surface area contributed by atoms with Crippen molar-refractivity contribution < 1.29 is 9.13 Å².